The van der Waals surface area contributed by atoms with Crippen LogP contribution in [0.5, 0.6) is 0 Å². The summed E-state index contributed by atoms with van der Waals surface area (Å²) in [6.07, 6.45) is 0. The molecule has 1 N–H and O–H groups in total. The molecule has 1 atom stereocenters. The van der Waals surface area contributed by atoms with Gasteiger partial charge >= 0.3 is 0 Å². The van der Waals surface area contributed by atoms with Crippen LogP contribution in [0.2, 0.25) is 0 Å². The Bertz CT molecular complexity index is 184. The van der Waals surface area contributed by atoms with E-state index in [1.54, 1.807) is 0 Å². The zero-order chi connectivity index (χ0) is 8.10. The molecule has 1 heterocycles. The average Bonchev–Trinajstić information content (AvgIpc) is 2.52. The van der Waals surface area contributed by atoms with Gasteiger partial charge in [-0.15, -0.1) is 23.1 Å². The third-order valence-electron chi connectivity index (χ3n) is 1.46. The lowest BCUT2D eigenvalue weighted by atomic mass is 10.4. The maximum Gasteiger partial charge on any atom is 0.0599 e. The molecular formula is C8H13NS2. The Morgan fingerprint density at radius 1 is 1.73 bits per heavy atom. The molecule has 0 radical (unpaired) electrons. The summed E-state index contributed by atoms with van der Waals surface area (Å²) in [7, 11) is 2.00. The smallest absolute Gasteiger partial charge is 0.0599 e. The highest BCUT2D eigenvalue weighted by Crippen LogP contribution is 2.23. The lowest BCUT2D eigenvalue weighted by Gasteiger charge is -2.07. The van der Waals surface area contributed by atoms with E-state index >= 15 is 0 Å². The first kappa shape index (κ1) is 9.10. The summed E-state index contributed by atoms with van der Waals surface area (Å²) in [6, 6.07) is 4.86. The van der Waals surface area contributed by atoms with Gasteiger partial charge in [-0.25, -0.2) is 0 Å². The molecule has 1 aromatic rings. The SMILES string of the molecule is CNC(C)CSc1cccs1. The third-order valence-corrected chi connectivity index (χ3v) is 3.85. The summed E-state index contributed by atoms with van der Waals surface area (Å²) in [5.74, 6) is 1.15. The van der Waals surface area contributed by atoms with Gasteiger partial charge in [-0.2, -0.15) is 0 Å². The molecule has 0 bridgehead atoms. The highest BCUT2D eigenvalue weighted by molar-refractivity contribution is 8.01. The molecule has 0 aliphatic carbocycles. The number of thioether (sulfide) groups is 1. The fourth-order valence-electron chi connectivity index (χ4n) is 0.636. The molecule has 0 aliphatic heterocycles. The molecule has 62 valence electrons. The zero-order valence-corrected chi connectivity index (χ0v) is 8.47. The van der Waals surface area contributed by atoms with Crippen LogP contribution in [0, 0.1) is 0 Å². The lowest BCUT2D eigenvalue weighted by Crippen LogP contribution is -2.23. The molecule has 1 rings (SSSR count). The van der Waals surface area contributed by atoms with Crippen LogP contribution in [0.15, 0.2) is 21.7 Å². The Morgan fingerprint density at radius 2 is 2.55 bits per heavy atom. The highest BCUT2D eigenvalue weighted by atomic mass is 32.2. The molecule has 0 saturated heterocycles. The maximum atomic E-state index is 3.21. The van der Waals surface area contributed by atoms with E-state index in [1.807, 2.05) is 30.1 Å². The van der Waals surface area contributed by atoms with E-state index in [-0.39, 0.29) is 0 Å². The number of hydrogen-bond acceptors (Lipinski definition) is 3. The molecule has 1 aromatic heterocycles. The minimum Gasteiger partial charge on any atom is -0.316 e. The quantitative estimate of drug-likeness (QED) is 0.727. The van der Waals surface area contributed by atoms with Crippen LogP contribution >= 0.6 is 23.1 Å². The van der Waals surface area contributed by atoms with E-state index < -0.39 is 0 Å². The fourth-order valence-corrected chi connectivity index (χ4v) is 2.48. The number of rotatable bonds is 4. The van der Waals surface area contributed by atoms with Crippen LogP contribution in [-0.2, 0) is 0 Å². The molecule has 0 amide bonds. The van der Waals surface area contributed by atoms with Gasteiger partial charge < -0.3 is 5.32 Å². The van der Waals surface area contributed by atoms with E-state index in [0.29, 0.717) is 6.04 Å². The van der Waals surface area contributed by atoms with Gasteiger partial charge in [-0.3, -0.25) is 0 Å². The van der Waals surface area contributed by atoms with Crippen molar-refractivity contribution in [1.82, 2.24) is 5.32 Å². The summed E-state index contributed by atoms with van der Waals surface area (Å²) < 4.78 is 1.41. The summed E-state index contributed by atoms with van der Waals surface area (Å²) in [5, 5.41) is 5.33. The second-order valence-corrected chi connectivity index (χ2v) is 4.70. The van der Waals surface area contributed by atoms with Crippen LogP contribution < -0.4 is 5.32 Å². The predicted octanol–water partition coefficient (Wildman–Crippen LogP) is 2.45. The third kappa shape index (κ3) is 3.27. The Morgan fingerprint density at radius 3 is 3.09 bits per heavy atom. The number of thiophene rings is 1. The van der Waals surface area contributed by atoms with Crippen molar-refractivity contribution in [1.29, 1.82) is 0 Å². The first-order valence-electron chi connectivity index (χ1n) is 3.66. The molecule has 1 unspecified atom stereocenters. The van der Waals surface area contributed by atoms with Crippen molar-refractivity contribution in [3.63, 3.8) is 0 Å². The van der Waals surface area contributed by atoms with Crippen molar-refractivity contribution in [2.75, 3.05) is 12.8 Å². The molecule has 0 spiro atoms. The van der Waals surface area contributed by atoms with Gasteiger partial charge in [0.15, 0.2) is 0 Å². The van der Waals surface area contributed by atoms with Gasteiger partial charge in [0.25, 0.3) is 0 Å². The van der Waals surface area contributed by atoms with Gasteiger partial charge in [0, 0.05) is 11.8 Å². The average molecular weight is 187 g/mol. The van der Waals surface area contributed by atoms with Crippen molar-refractivity contribution in [3.8, 4) is 0 Å². The Kier molecular flexibility index (Phi) is 3.97. The van der Waals surface area contributed by atoms with Gasteiger partial charge in [0.1, 0.15) is 0 Å². The van der Waals surface area contributed by atoms with Gasteiger partial charge in [-0.1, -0.05) is 6.07 Å². The predicted molar refractivity (Wildman–Crippen MR) is 53.6 cm³/mol. The molecule has 0 aromatic carbocycles. The molecule has 0 aliphatic rings. The Hall–Kier alpha value is 0.01000. The highest BCUT2D eigenvalue weighted by Gasteiger charge is 1.99. The van der Waals surface area contributed by atoms with E-state index in [4.69, 9.17) is 0 Å². The maximum absolute atomic E-state index is 3.21. The van der Waals surface area contributed by atoms with Crippen molar-refractivity contribution in [2.24, 2.45) is 0 Å². The van der Waals surface area contributed by atoms with Gasteiger partial charge in [-0.05, 0) is 25.4 Å². The van der Waals surface area contributed by atoms with Crippen LogP contribution in [-0.4, -0.2) is 18.8 Å². The minimum absolute atomic E-state index is 0.599. The molecule has 11 heavy (non-hydrogen) atoms. The van der Waals surface area contributed by atoms with Crippen LogP contribution in [0.25, 0.3) is 0 Å². The summed E-state index contributed by atoms with van der Waals surface area (Å²) >= 11 is 3.73. The molecular weight excluding hydrogens is 174 g/mol. The number of nitrogens with one attached hydrogen (secondary N) is 1. The second-order valence-electron chi connectivity index (χ2n) is 2.43. The molecule has 0 saturated carbocycles. The van der Waals surface area contributed by atoms with Crippen LogP contribution in [0.1, 0.15) is 6.92 Å². The minimum atomic E-state index is 0.599. The number of hydrogen-bond donors (Lipinski definition) is 1. The van der Waals surface area contributed by atoms with E-state index in [0.717, 1.165) is 5.75 Å². The van der Waals surface area contributed by atoms with Gasteiger partial charge in [0.05, 0.1) is 4.21 Å². The van der Waals surface area contributed by atoms with Crippen molar-refractivity contribution < 1.29 is 0 Å². The standard InChI is InChI=1S/C8H13NS2/c1-7(9-2)6-11-8-4-3-5-10-8/h3-5,7,9H,6H2,1-2H3. The van der Waals surface area contributed by atoms with Crippen molar-refractivity contribution in [3.05, 3.63) is 17.5 Å². The van der Waals surface area contributed by atoms with E-state index in [9.17, 15) is 0 Å². The first-order chi connectivity index (χ1) is 5.33. The lowest BCUT2D eigenvalue weighted by molar-refractivity contribution is 0.678. The topological polar surface area (TPSA) is 12.0 Å². The molecule has 1 nitrogen and oxygen atoms in total. The summed E-state index contributed by atoms with van der Waals surface area (Å²) in [4.78, 5) is 0. The summed E-state index contributed by atoms with van der Waals surface area (Å²) in [6.45, 7) is 2.20. The van der Waals surface area contributed by atoms with Gasteiger partial charge in [0.2, 0.25) is 0 Å². The first-order valence-corrected chi connectivity index (χ1v) is 5.53. The molecule has 0 fully saturated rings. The Balaban J connectivity index is 2.23. The largest absolute Gasteiger partial charge is 0.316 e. The summed E-state index contributed by atoms with van der Waals surface area (Å²) in [5.41, 5.74) is 0. The van der Waals surface area contributed by atoms with Crippen LogP contribution in [0.3, 0.4) is 0 Å². The van der Waals surface area contributed by atoms with Crippen molar-refractivity contribution in [2.45, 2.75) is 17.2 Å². The second kappa shape index (κ2) is 4.80. The van der Waals surface area contributed by atoms with Crippen molar-refractivity contribution >= 4 is 23.1 Å². The van der Waals surface area contributed by atoms with Crippen LogP contribution in [0.4, 0.5) is 0 Å². The Labute approximate surface area is 76.2 Å². The monoisotopic (exact) mass is 187 g/mol. The normalized spacial score (nSPS) is 13.3. The van der Waals surface area contributed by atoms with E-state index in [2.05, 4.69) is 29.8 Å². The molecule has 3 heteroatoms. The van der Waals surface area contributed by atoms with E-state index in [1.165, 1.54) is 4.21 Å². The zero-order valence-electron chi connectivity index (χ0n) is 6.83. The fraction of sp³-hybridized carbons (Fsp3) is 0.500.